The topological polar surface area (TPSA) is 41.1 Å². The van der Waals surface area contributed by atoms with E-state index in [-0.39, 0.29) is 0 Å². The van der Waals surface area contributed by atoms with Crippen molar-refractivity contribution in [2.45, 2.75) is 63.8 Å². The number of rotatable bonds is 2. The number of carbonyl (C=O) groups is 1. The first-order valence-electron chi connectivity index (χ1n) is 7.37. The number of amides is 1. The molecule has 2 aliphatic rings. The Labute approximate surface area is 105 Å². The highest BCUT2D eigenvalue weighted by Crippen LogP contribution is 2.23. The highest BCUT2D eigenvalue weighted by molar-refractivity contribution is 5.78. The van der Waals surface area contributed by atoms with Crippen LogP contribution in [0.5, 0.6) is 0 Å². The van der Waals surface area contributed by atoms with Crippen LogP contribution in [-0.2, 0) is 4.79 Å². The molecule has 17 heavy (non-hydrogen) atoms. The first-order valence-corrected chi connectivity index (χ1v) is 7.37. The second-order valence-electron chi connectivity index (χ2n) is 5.57. The molecular formula is C14H26N2O. The molecule has 0 bridgehead atoms. The van der Waals surface area contributed by atoms with E-state index in [2.05, 4.69) is 10.6 Å². The molecule has 1 unspecified atom stereocenters. The lowest BCUT2D eigenvalue weighted by Gasteiger charge is -2.20. The first-order chi connectivity index (χ1) is 8.36. The Bertz CT molecular complexity index is 226. The molecule has 1 saturated heterocycles. The van der Waals surface area contributed by atoms with Crippen LogP contribution in [0.15, 0.2) is 0 Å². The van der Waals surface area contributed by atoms with Crippen LogP contribution in [0.3, 0.4) is 0 Å². The van der Waals surface area contributed by atoms with E-state index in [0.717, 1.165) is 38.8 Å². The highest BCUT2D eigenvalue weighted by Gasteiger charge is 2.22. The van der Waals surface area contributed by atoms with Gasteiger partial charge >= 0.3 is 0 Å². The Morgan fingerprint density at radius 3 is 2.41 bits per heavy atom. The van der Waals surface area contributed by atoms with Gasteiger partial charge in [0.2, 0.25) is 5.91 Å². The van der Waals surface area contributed by atoms with Gasteiger partial charge in [-0.2, -0.15) is 0 Å². The fourth-order valence-corrected chi connectivity index (χ4v) is 3.02. The molecule has 3 heteroatoms. The molecule has 2 N–H and O–H groups in total. The predicted molar refractivity (Wildman–Crippen MR) is 69.8 cm³/mol. The number of nitrogens with one attached hydrogen (secondary N) is 2. The Kier molecular flexibility index (Phi) is 5.30. The van der Waals surface area contributed by atoms with Gasteiger partial charge in [-0.3, -0.25) is 4.79 Å². The third kappa shape index (κ3) is 4.30. The molecule has 0 spiro atoms. The van der Waals surface area contributed by atoms with Crippen molar-refractivity contribution in [2.75, 3.05) is 13.1 Å². The molecule has 2 rings (SSSR count). The van der Waals surface area contributed by atoms with E-state index in [4.69, 9.17) is 0 Å². The molecule has 3 nitrogen and oxygen atoms in total. The third-order valence-corrected chi connectivity index (χ3v) is 4.15. The van der Waals surface area contributed by atoms with Gasteiger partial charge in [-0.05, 0) is 45.2 Å². The monoisotopic (exact) mass is 238 g/mol. The molecule has 1 amide bonds. The normalized spacial score (nSPS) is 28.1. The molecule has 98 valence electrons. The van der Waals surface area contributed by atoms with Gasteiger partial charge in [-0.1, -0.05) is 25.7 Å². The molecule has 0 aromatic heterocycles. The zero-order chi connectivity index (χ0) is 11.9. The summed E-state index contributed by atoms with van der Waals surface area (Å²) in [5, 5.41) is 6.67. The average Bonchev–Trinajstić information content (AvgIpc) is 2.72. The van der Waals surface area contributed by atoms with E-state index in [1.54, 1.807) is 0 Å². The quantitative estimate of drug-likeness (QED) is 0.724. The summed E-state index contributed by atoms with van der Waals surface area (Å²) in [6.45, 7) is 2.16. The fraction of sp³-hybridized carbons (Fsp3) is 0.929. The molecule has 0 radical (unpaired) electrons. The zero-order valence-corrected chi connectivity index (χ0v) is 10.8. The number of hydrogen-bond donors (Lipinski definition) is 2. The third-order valence-electron chi connectivity index (χ3n) is 4.15. The second-order valence-corrected chi connectivity index (χ2v) is 5.57. The van der Waals surface area contributed by atoms with Crippen LogP contribution in [0, 0.1) is 5.92 Å². The summed E-state index contributed by atoms with van der Waals surface area (Å²) in [7, 11) is 0. The SMILES string of the molecule is O=C(NC1CCCNCC1)C1CCCCCC1. The Morgan fingerprint density at radius 2 is 1.65 bits per heavy atom. The Morgan fingerprint density at radius 1 is 0.882 bits per heavy atom. The Hall–Kier alpha value is -0.570. The minimum Gasteiger partial charge on any atom is -0.353 e. The summed E-state index contributed by atoms with van der Waals surface area (Å²) in [4.78, 5) is 12.2. The van der Waals surface area contributed by atoms with Crippen molar-refractivity contribution < 1.29 is 4.79 Å². The average molecular weight is 238 g/mol. The summed E-state index contributed by atoms with van der Waals surface area (Å²) in [6.07, 6.45) is 10.8. The van der Waals surface area contributed by atoms with Gasteiger partial charge in [0.05, 0.1) is 0 Å². The van der Waals surface area contributed by atoms with Gasteiger partial charge < -0.3 is 10.6 Å². The lowest BCUT2D eigenvalue weighted by Crippen LogP contribution is -2.39. The minimum absolute atomic E-state index is 0.300. The molecular weight excluding hydrogens is 212 g/mol. The molecule has 0 aromatic rings. The molecule has 1 aliphatic carbocycles. The van der Waals surface area contributed by atoms with E-state index in [1.807, 2.05) is 0 Å². The molecule has 1 aliphatic heterocycles. The van der Waals surface area contributed by atoms with Gasteiger partial charge in [0.1, 0.15) is 0 Å². The van der Waals surface area contributed by atoms with E-state index >= 15 is 0 Å². The van der Waals surface area contributed by atoms with E-state index in [0.29, 0.717) is 17.9 Å². The van der Waals surface area contributed by atoms with Crippen LogP contribution in [0.4, 0.5) is 0 Å². The zero-order valence-electron chi connectivity index (χ0n) is 10.8. The first kappa shape index (κ1) is 12.9. The standard InChI is InChI=1S/C14H26N2O/c17-14(12-6-3-1-2-4-7-12)16-13-8-5-10-15-11-9-13/h12-13,15H,1-11H2,(H,16,17). The van der Waals surface area contributed by atoms with Crippen molar-refractivity contribution in [1.29, 1.82) is 0 Å². The number of carbonyl (C=O) groups excluding carboxylic acids is 1. The maximum Gasteiger partial charge on any atom is 0.223 e. The maximum absolute atomic E-state index is 12.2. The molecule has 2 fully saturated rings. The van der Waals surface area contributed by atoms with Crippen molar-refractivity contribution >= 4 is 5.91 Å². The molecule has 1 heterocycles. The van der Waals surface area contributed by atoms with Crippen LogP contribution in [0.25, 0.3) is 0 Å². The van der Waals surface area contributed by atoms with Crippen molar-refractivity contribution in [3.63, 3.8) is 0 Å². The van der Waals surface area contributed by atoms with Gasteiger partial charge in [0, 0.05) is 12.0 Å². The fourth-order valence-electron chi connectivity index (χ4n) is 3.02. The lowest BCUT2D eigenvalue weighted by atomic mass is 9.98. The smallest absolute Gasteiger partial charge is 0.223 e. The maximum atomic E-state index is 12.2. The van der Waals surface area contributed by atoms with E-state index < -0.39 is 0 Å². The van der Waals surface area contributed by atoms with Crippen molar-refractivity contribution in [3.8, 4) is 0 Å². The minimum atomic E-state index is 0.300. The lowest BCUT2D eigenvalue weighted by molar-refractivity contribution is -0.126. The largest absolute Gasteiger partial charge is 0.353 e. The summed E-state index contributed by atoms with van der Waals surface area (Å²) in [5.74, 6) is 0.632. The summed E-state index contributed by atoms with van der Waals surface area (Å²) in [5.41, 5.74) is 0. The summed E-state index contributed by atoms with van der Waals surface area (Å²) < 4.78 is 0. The van der Waals surface area contributed by atoms with E-state index in [1.165, 1.54) is 32.1 Å². The molecule has 1 saturated carbocycles. The summed E-state index contributed by atoms with van der Waals surface area (Å²) in [6, 6.07) is 0.417. The van der Waals surface area contributed by atoms with Crippen molar-refractivity contribution in [2.24, 2.45) is 5.92 Å². The van der Waals surface area contributed by atoms with Gasteiger partial charge in [-0.25, -0.2) is 0 Å². The number of hydrogen-bond acceptors (Lipinski definition) is 2. The molecule has 0 aromatic carbocycles. The predicted octanol–water partition coefficient (Wildman–Crippen LogP) is 2.22. The Balaban J connectivity index is 1.77. The van der Waals surface area contributed by atoms with Gasteiger partial charge in [-0.15, -0.1) is 0 Å². The van der Waals surface area contributed by atoms with Crippen LogP contribution in [-0.4, -0.2) is 25.0 Å². The second kappa shape index (κ2) is 7.00. The van der Waals surface area contributed by atoms with E-state index in [9.17, 15) is 4.79 Å². The van der Waals surface area contributed by atoms with Crippen LogP contribution in [0.2, 0.25) is 0 Å². The van der Waals surface area contributed by atoms with Gasteiger partial charge in [0.15, 0.2) is 0 Å². The van der Waals surface area contributed by atoms with Gasteiger partial charge in [0.25, 0.3) is 0 Å². The van der Waals surface area contributed by atoms with Crippen LogP contribution in [0.1, 0.15) is 57.8 Å². The van der Waals surface area contributed by atoms with Crippen molar-refractivity contribution in [1.82, 2.24) is 10.6 Å². The molecule has 1 atom stereocenters. The summed E-state index contributed by atoms with van der Waals surface area (Å²) >= 11 is 0. The van der Waals surface area contributed by atoms with Crippen LogP contribution >= 0.6 is 0 Å². The van der Waals surface area contributed by atoms with Crippen LogP contribution < -0.4 is 10.6 Å². The van der Waals surface area contributed by atoms with Crippen molar-refractivity contribution in [3.05, 3.63) is 0 Å². The highest BCUT2D eigenvalue weighted by atomic mass is 16.1.